The number of nitrogens with one attached hydrogen (secondary N) is 1. The fraction of sp³-hybridized carbons (Fsp3) is 0.227. The van der Waals surface area contributed by atoms with Crippen LogP contribution in [0.5, 0.6) is 11.5 Å². The Morgan fingerprint density at radius 3 is 2.35 bits per heavy atom. The molecule has 0 aliphatic heterocycles. The summed E-state index contributed by atoms with van der Waals surface area (Å²) in [6.45, 7) is 4.93. The summed E-state index contributed by atoms with van der Waals surface area (Å²) in [5, 5.41) is 12.7. The van der Waals surface area contributed by atoms with Gasteiger partial charge in [0.25, 0.3) is 5.91 Å². The van der Waals surface area contributed by atoms with E-state index in [4.69, 9.17) is 9.15 Å². The second kappa shape index (κ2) is 8.71. The molecule has 0 bridgehead atoms. The molecule has 2 aromatic carbocycles. The van der Waals surface area contributed by atoms with E-state index in [1.807, 2.05) is 13.8 Å². The Hall–Kier alpha value is -3.49. The number of phenolic OH excluding ortho intramolecular Hbond substituents is 1. The number of amides is 1. The highest BCUT2D eigenvalue weighted by Crippen LogP contribution is 2.31. The largest absolute Gasteiger partial charge is 0.508 e. The van der Waals surface area contributed by atoms with Gasteiger partial charge in [-0.25, -0.2) is 8.78 Å². The summed E-state index contributed by atoms with van der Waals surface area (Å²) in [6, 6.07) is 5.90. The van der Waals surface area contributed by atoms with Crippen LogP contribution in [-0.4, -0.2) is 11.0 Å². The van der Waals surface area contributed by atoms with Gasteiger partial charge >= 0.3 is 0 Å². The lowest BCUT2D eigenvalue weighted by Crippen LogP contribution is -2.12. The first kappa shape index (κ1) is 22.2. The van der Waals surface area contributed by atoms with E-state index >= 15 is 0 Å². The Kier molecular flexibility index (Phi) is 6.24. The molecule has 0 aliphatic rings. The van der Waals surface area contributed by atoms with Crippen molar-refractivity contribution in [3.05, 3.63) is 76.2 Å². The molecule has 3 rings (SSSR count). The summed E-state index contributed by atoms with van der Waals surface area (Å²) in [5.41, 5.74) is 1.75. The number of aryl methyl sites for hydroxylation is 1. The summed E-state index contributed by atoms with van der Waals surface area (Å²) in [7, 11) is 0. The minimum Gasteiger partial charge on any atom is -0.508 e. The number of furan rings is 1. The minimum atomic E-state index is -1.67. The van der Waals surface area contributed by atoms with Crippen molar-refractivity contribution in [1.82, 2.24) is 0 Å². The van der Waals surface area contributed by atoms with Crippen molar-refractivity contribution in [3.63, 3.8) is 0 Å². The Morgan fingerprint density at radius 2 is 1.74 bits per heavy atom. The van der Waals surface area contributed by atoms with Crippen LogP contribution in [0, 0.1) is 30.2 Å². The zero-order valence-corrected chi connectivity index (χ0v) is 16.9. The molecule has 31 heavy (non-hydrogen) atoms. The summed E-state index contributed by atoms with van der Waals surface area (Å²) in [5.74, 6) is -8.35. The van der Waals surface area contributed by atoms with E-state index in [1.165, 1.54) is 18.2 Å². The second-order valence-electron chi connectivity index (χ2n) is 7.19. The highest BCUT2D eigenvalue weighted by molar-refractivity contribution is 6.02. The molecule has 0 fully saturated rings. The molecule has 1 heterocycles. The van der Waals surface area contributed by atoms with Gasteiger partial charge in [-0.3, -0.25) is 4.79 Å². The van der Waals surface area contributed by atoms with Crippen molar-refractivity contribution >= 4 is 11.6 Å². The van der Waals surface area contributed by atoms with Crippen LogP contribution in [0.25, 0.3) is 0 Å². The predicted molar refractivity (Wildman–Crippen MR) is 104 cm³/mol. The third-order valence-electron chi connectivity index (χ3n) is 4.56. The molecule has 0 saturated carbocycles. The number of benzene rings is 2. The number of ether oxygens (including phenoxy) is 1. The second-order valence-corrected chi connectivity index (χ2v) is 7.19. The maximum Gasteiger partial charge on any atom is 0.291 e. The number of hydrogen-bond donors (Lipinski definition) is 2. The van der Waals surface area contributed by atoms with E-state index in [-0.39, 0.29) is 29.3 Å². The van der Waals surface area contributed by atoms with Gasteiger partial charge in [-0.15, -0.1) is 0 Å². The number of hydrogen-bond acceptors (Lipinski definition) is 4. The first-order valence-corrected chi connectivity index (χ1v) is 9.27. The third-order valence-corrected chi connectivity index (χ3v) is 4.56. The van der Waals surface area contributed by atoms with Crippen molar-refractivity contribution in [2.45, 2.75) is 33.3 Å². The van der Waals surface area contributed by atoms with Crippen molar-refractivity contribution in [1.29, 1.82) is 0 Å². The van der Waals surface area contributed by atoms with Crippen LogP contribution in [0.3, 0.4) is 0 Å². The van der Waals surface area contributed by atoms with Crippen molar-refractivity contribution < 1.29 is 36.6 Å². The van der Waals surface area contributed by atoms with Gasteiger partial charge in [0.1, 0.15) is 18.1 Å². The van der Waals surface area contributed by atoms with Gasteiger partial charge in [-0.1, -0.05) is 13.8 Å². The predicted octanol–water partition coefficient (Wildman–Crippen LogP) is 5.80. The zero-order valence-electron chi connectivity index (χ0n) is 16.9. The molecule has 5 nitrogen and oxygen atoms in total. The molecule has 0 atom stereocenters. The number of halogens is 4. The number of aromatic hydroxyl groups is 1. The topological polar surface area (TPSA) is 71.7 Å². The van der Waals surface area contributed by atoms with Crippen LogP contribution in [0.15, 0.2) is 34.7 Å². The third kappa shape index (κ3) is 4.65. The lowest BCUT2D eigenvalue weighted by molar-refractivity contribution is 0.0992. The van der Waals surface area contributed by atoms with Crippen LogP contribution in [0.4, 0.5) is 23.2 Å². The molecule has 1 aromatic heterocycles. The number of anilines is 1. The molecule has 164 valence electrons. The highest BCUT2D eigenvalue weighted by atomic mass is 19.2. The first-order valence-electron chi connectivity index (χ1n) is 9.27. The summed E-state index contributed by atoms with van der Waals surface area (Å²) >= 11 is 0. The quantitative estimate of drug-likeness (QED) is 0.290. The number of carbonyl (C=O) groups is 1. The SMILES string of the molecule is Cc1cc(O)c(C(C)C)cc1NC(=O)c1ccc(COc2c(F)c(F)cc(F)c2F)o1. The fourth-order valence-electron chi connectivity index (χ4n) is 2.89. The smallest absolute Gasteiger partial charge is 0.291 e. The Morgan fingerprint density at radius 1 is 1.10 bits per heavy atom. The summed E-state index contributed by atoms with van der Waals surface area (Å²) in [6.07, 6.45) is 0. The standard InChI is InChI=1S/C22H19F4NO4/c1-10(2)13-7-16(11(3)6-17(13)28)27-22(29)18-5-4-12(31-18)9-30-21-19(25)14(23)8-15(24)20(21)26/h4-8,10,28H,9H2,1-3H3,(H,27,29). The number of carbonyl (C=O) groups excluding carboxylic acids is 1. The molecule has 0 aliphatic carbocycles. The highest BCUT2D eigenvalue weighted by Gasteiger charge is 2.21. The number of phenols is 1. The monoisotopic (exact) mass is 437 g/mol. The summed E-state index contributed by atoms with van der Waals surface area (Å²) < 4.78 is 63.9. The van der Waals surface area contributed by atoms with E-state index in [0.717, 1.165) is 0 Å². The Bertz CT molecular complexity index is 1110. The van der Waals surface area contributed by atoms with Gasteiger partial charge in [-0.05, 0) is 48.2 Å². The molecule has 0 saturated heterocycles. The first-order chi connectivity index (χ1) is 14.6. The lowest BCUT2D eigenvalue weighted by Gasteiger charge is -2.14. The zero-order chi connectivity index (χ0) is 22.9. The Balaban J connectivity index is 1.73. The molecule has 0 radical (unpaired) electrons. The van der Waals surface area contributed by atoms with Gasteiger partial charge < -0.3 is 19.6 Å². The van der Waals surface area contributed by atoms with Gasteiger partial charge in [0, 0.05) is 11.8 Å². The van der Waals surface area contributed by atoms with Gasteiger partial charge in [0.05, 0.1) is 0 Å². The van der Waals surface area contributed by atoms with E-state index in [2.05, 4.69) is 5.32 Å². The molecule has 9 heteroatoms. The van der Waals surface area contributed by atoms with Crippen molar-refractivity contribution in [2.24, 2.45) is 0 Å². The molecular formula is C22H19F4NO4. The van der Waals surface area contributed by atoms with E-state index in [9.17, 15) is 27.5 Å². The van der Waals surface area contributed by atoms with Crippen LogP contribution >= 0.6 is 0 Å². The molecule has 0 unspecified atom stereocenters. The average Bonchev–Trinajstić information content (AvgIpc) is 3.17. The van der Waals surface area contributed by atoms with Gasteiger partial charge in [-0.2, -0.15) is 8.78 Å². The van der Waals surface area contributed by atoms with Crippen LogP contribution in [0.1, 0.15) is 47.2 Å². The van der Waals surface area contributed by atoms with Crippen LogP contribution in [0.2, 0.25) is 0 Å². The summed E-state index contributed by atoms with van der Waals surface area (Å²) in [4.78, 5) is 12.5. The molecule has 1 amide bonds. The molecular weight excluding hydrogens is 418 g/mol. The maximum atomic E-state index is 13.7. The van der Waals surface area contributed by atoms with Crippen LogP contribution < -0.4 is 10.1 Å². The molecule has 2 N–H and O–H groups in total. The Labute approximate surface area is 175 Å². The van der Waals surface area contributed by atoms with E-state index in [0.29, 0.717) is 16.8 Å². The van der Waals surface area contributed by atoms with E-state index < -0.39 is 41.5 Å². The number of rotatable bonds is 6. The maximum absolute atomic E-state index is 13.7. The minimum absolute atomic E-state index is 0.00100. The fourth-order valence-corrected chi connectivity index (χ4v) is 2.89. The van der Waals surface area contributed by atoms with E-state index in [1.54, 1.807) is 13.0 Å². The molecule has 3 aromatic rings. The normalized spacial score (nSPS) is 11.1. The van der Waals surface area contributed by atoms with Gasteiger partial charge in [0.2, 0.25) is 11.6 Å². The van der Waals surface area contributed by atoms with Crippen molar-refractivity contribution in [2.75, 3.05) is 5.32 Å². The average molecular weight is 437 g/mol. The lowest BCUT2D eigenvalue weighted by atomic mass is 9.99. The van der Waals surface area contributed by atoms with Crippen molar-refractivity contribution in [3.8, 4) is 11.5 Å². The van der Waals surface area contributed by atoms with Gasteiger partial charge in [0.15, 0.2) is 23.1 Å². The molecule has 0 spiro atoms. The van der Waals surface area contributed by atoms with Crippen LogP contribution in [-0.2, 0) is 6.61 Å².